The number of nitrogens with zero attached hydrogens (tertiary/aromatic N) is 5. The molecule has 2 heterocycles. The van der Waals surface area contributed by atoms with Crippen LogP contribution in [0.3, 0.4) is 0 Å². The molecule has 84 valence electrons. The second-order valence-electron chi connectivity index (χ2n) is 3.28. The fourth-order valence-corrected chi connectivity index (χ4v) is 2.12. The van der Waals surface area contributed by atoms with Gasteiger partial charge in [-0.1, -0.05) is 5.21 Å². The minimum absolute atomic E-state index is 0.0319. The topological polar surface area (TPSA) is 68.5 Å². The summed E-state index contributed by atoms with van der Waals surface area (Å²) in [7, 11) is 3.72. The number of hydrogen-bond acceptors (Lipinski definition) is 5. The van der Waals surface area contributed by atoms with Gasteiger partial charge in [0.1, 0.15) is 6.33 Å². The molecule has 0 amide bonds. The third-order valence-corrected chi connectivity index (χ3v) is 2.87. The van der Waals surface area contributed by atoms with Crippen molar-refractivity contribution < 1.29 is 0 Å². The number of hydrogen-bond donors (Lipinski definition) is 1. The standard InChI is InChI=1S/C9H11BrN6/c1-11-7(6-3-12-5-13-4-6)8-9(10)14-15-16(8)2/h3-5,7,11H,1-2H3. The van der Waals surface area contributed by atoms with E-state index < -0.39 is 0 Å². The first-order valence-corrected chi connectivity index (χ1v) is 5.50. The second-order valence-corrected chi connectivity index (χ2v) is 4.03. The van der Waals surface area contributed by atoms with E-state index >= 15 is 0 Å². The van der Waals surface area contributed by atoms with Crippen molar-refractivity contribution in [2.45, 2.75) is 6.04 Å². The van der Waals surface area contributed by atoms with Crippen LogP contribution < -0.4 is 5.32 Å². The van der Waals surface area contributed by atoms with Gasteiger partial charge in [0.25, 0.3) is 0 Å². The van der Waals surface area contributed by atoms with Gasteiger partial charge in [-0.3, -0.25) is 0 Å². The number of aryl methyl sites for hydroxylation is 1. The quantitative estimate of drug-likeness (QED) is 0.897. The summed E-state index contributed by atoms with van der Waals surface area (Å²) < 4.78 is 2.44. The largest absolute Gasteiger partial charge is 0.308 e. The molecule has 2 aromatic rings. The molecule has 0 saturated heterocycles. The summed E-state index contributed by atoms with van der Waals surface area (Å²) in [5.74, 6) is 0. The van der Waals surface area contributed by atoms with Gasteiger partial charge in [0, 0.05) is 25.0 Å². The Balaban J connectivity index is 2.45. The normalized spacial score (nSPS) is 12.7. The first kappa shape index (κ1) is 11.2. The molecule has 0 aromatic carbocycles. The maximum Gasteiger partial charge on any atom is 0.153 e. The molecular weight excluding hydrogens is 272 g/mol. The number of rotatable bonds is 3. The van der Waals surface area contributed by atoms with Gasteiger partial charge < -0.3 is 5.32 Å². The highest BCUT2D eigenvalue weighted by atomic mass is 79.9. The van der Waals surface area contributed by atoms with Gasteiger partial charge in [-0.25, -0.2) is 14.6 Å². The lowest BCUT2D eigenvalue weighted by molar-refractivity contribution is 0.594. The molecule has 0 spiro atoms. The summed E-state index contributed by atoms with van der Waals surface area (Å²) >= 11 is 3.38. The van der Waals surface area contributed by atoms with E-state index in [1.807, 2.05) is 14.1 Å². The number of halogens is 1. The summed E-state index contributed by atoms with van der Waals surface area (Å²) in [6, 6.07) is -0.0319. The summed E-state index contributed by atoms with van der Waals surface area (Å²) in [5.41, 5.74) is 1.91. The summed E-state index contributed by atoms with van der Waals surface area (Å²) in [5, 5.41) is 11.1. The Morgan fingerprint density at radius 2 is 2.06 bits per heavy atom. The van der Waals surface area contributed by atoms with Crippen LogP contribution >= 0.6 is 15.9 Å². The van der Waals surface area contributed by atoms with Crippen LogP contribution in [0, 0.1) is 0 Å². The van der Waals surface area contributed by atoms with Gasteiger partial charge in [0.15, 0.2) is 4.60 Å². The molecule has 6 nitrogen and oxygen atoms in total. The zero-order chi connectivity index (χ0) is 11.5. The van der Waals surface area contributed by atoms with E-state index in [9.17, 15) is 0 Å². The van der Waals surface area contributed by atoms with Crippen LogP contribution in [0.2, 0.25) is 0 Å². The van der Waals surface area contributed by atoms with E-state index in [2.05, 4.69) is 41.5 Å². The number of nitrogens with one attached hydrogen (secondary N) is 1. The SMILES string of the molecule is CNC(c1cncnc1)c1c(Br)nnn1C. The minimum Gasteiger partial charge on any atom is -0.308 e. The van der Waals surface area contributed by atoms with Crippen molar-refractivity contribution in [2.75, 3.05) is 7.05 Å². The van der Waals surface area contributed by atoms with Gasteiger partial charge in [0.2, 0.25) is 0 Å². The minimum atomic E-state index is -0.0319. The van der Waals surface area contributed by atoms with Crippen LogP contribution in [0.1, 0.15) is 17.3 Å². The van der Waals surface area contributed by atoms with Crippen molar-refractivity contribution in [2.24, 2.45) is 7.05 Å². The highest BCUT2D eigenvalue weighted by Crippen LogP contribution is 2.25. The molecule has 0 bridgehead atoms. The molecule has 0 aliphatic carbocycles. The van der Waals surface area contributed by atoms with Crippen molar-refractivity contribution in [1.29, 1.82) is 0 Å². The lowest BCUT2D eigenvalue weighted by Gasteiger charge is -2.15. The maximum absolute atomic E-state index is 4.01. The lowest BCUT2D eigenvalue weighted by Crippen LogP contribution is -2.21. The molecule has 0 aliphatic rings. The van der Waals surface area contributed by atoms with E-state index in [-0.39, 0.29) is 6.04 Å². The zero-order valence-corrected chi connectivity index (χ0v) is 10.5. The average molecular weight is 283 g/mol. The van der Waals surface area contributed by atoms with Gasteiger partial charge >= 0.3 is 0 Å². The van der Waals surface area contributed by atoms with Crippen molar-refractivity contribution in [3.63, 3.8) is 0 Å². The van der Waals surface area contributed by atoms with Gasteiger partial charge in [0.05, 0.1) is 11.7 Å². The molecule has 0 fully saturated rings. The molecule has 0 saturated carbocycles. The fraction of sp³-hybridized carbons (Fsp3) is 0.333. The third kappa shape index (κ3) is 1.96. The Labute approximate surface area is 101 Å². The smallest absolute Gasteiger partial charge is 0.153 e. The molecule has 0 aliphatic heterocycles. The average Bonchev–Trinajstić information content (AvgIpc) is 2.63. The predicted octanol–water partition coefficient (Wildman–Crippen LogP) is 0.676. The molecule has 1 N–H and O–H groups in total. The predicted molar refractivity (Wildman–Crippen MR) is 61.6 cm³/mol. The first-order valence-electron chi connectivity index (χ1n) is 4.71. The molecular formula is C9H11BrN6. The van der Waals surface area contributed by atoms with Crippen LogP contribution in [0.5, 0.6) is 0 Å². The second kappa shape index (κ2) is 4.67. The monoisotopic (exact) mass is 282 g/mol. The fourth-order valence-electron chi connectivity index (χ4n) is 1.57. The Bertz CT molecular complexity index is 449. The molecule has 2 rings (SSSR count). The van der Waals surface area contributed by atoms with Gasteiger partial charge in [-0.15, -0.1) is 5.10 Å². The van der Waals surface area contributed by atoms with Crippen molar-refractivity contribution in [1.82, 2.24) is 30.3 Å². The Hall–Kier alpha value is -1.34. The Morgan fingerprint density at radius 1 is 1.38 bits per heavy atom. The van der Waals surface area contributed by atoms with Crippen LogP contribution in [0.25, 0.3) is 0 Å². The summed E-state index contributed by atoms with van der Waals surface area (Å²) in [6.07, 6.45) is 5.05. The van der Waals surface area contributed by atoms with Crippen LogP contribution in [0.4, 0.5) is 0 Å². The maximum atomic E-state index is 4.01. The Kier molecular flexibility index (Phi) is 3.25. The van der Waals surface area contributed by atoms with Gasteiger partial charge in [-0.05, 0) is 23.0 Å². The first-order chi connectivity index (χ1) is 7.74. The van der Waals surface area contributed by atoms with E-state index in [0.717, 1.165) is 15.9 Å². The molecule has 7 heteroatoms. The molecule has 1 atom stereocenters. The van der Waals surface area contributed by atoms with Gasteiger partial charge in [-0.2, -0.15) is 0 Å². The van der Waals surface area contributed by atoms with Crippen LogP contribution in [-0.2, 0) is 7.05 Å². The van der Waals surface area contributed by atoms with E-state index in [4.69, 9.17) is 0 Å². The summed E-state index contributed by atoms with van der Waals surface area (Å²) in [6.45, 7) is 0. The molecule has 0 radical (unpaired) electrons. The van der Waals surface area contributed by atoms with Crippen LogP contribution in [-0.4, -0.2) is 32.0 Å². The van der Waals surface area contributed by atoms with E-state index in [0.29, 0.717) is 0 Å². The third-order valence-electron chi connectivity index (χ3n) is 2.30. The highest BCUT2D eigenvalue weighted by Gasteiger charge is 2.20. The van der Waals surface area contributed by atoms with Crippen molar-refractivity contribution in [3.05, 3.63) is 34.6 Å². The van der Waals surface area contributed by atoms with E-state index in [1.165, 1.54) is 6.33 Å². The highest BCUT2D eigenvalue weighted by molar-refractivity contribution is 9.10. The van der Waals surface area contributed by atoms with Crippen molar-refractivity contribution >= 4 is 15.9 Å². The van der Waals surface area contributed by atoms with E-state index in [1.54, 1.807) is 17.1 Å². The summed E-state index contributed by atoms with van der Waals surface area (Å²) in [4.78, 5) is 8.01. The molecule has 16 heavy (non-hydrogen) atoms. The lowest BCUT2D eigenvalue weighted by atomic mass is 10.1. The van der Waals surface area contributed by atoms with Crippen molar-refractivity contribution in [3.8, 4) is 0 Å². The molecule has 1 unspecified atom stereocenters. The zero-order valence-electron chi connectivity index (χ0n) is 8.92. The Morgan fingerprint density at radius 3 is 2.56 bits per heavy atom. The molecule has 2 aromatic heterocycles. The number of aromatic nitrogens is 5. The van der Waals surface area contributed by atoms with Crippen LogP contribution in [0.15, 0.2) is 23.3 Å².